The van der Waals surface area contributed by atoms with Gasteiger partial charge in [-0.25, -0.2) is 4.79 Å². The summed E-state index contributed by atoms with van der Waals surface area (Å²) in [6, 6.07) is 7.23. The minimum absolute atomic E-state index is 0.0403. The average Bonchev–Trinajstić information content (AvgIpc) is 3.21. The fourth-order valence-corrected chi connectivity index (χ4v) is 9.81. The van der Waals surface area contributed by atoms with Gasteiger partial charge in [-0.05, 0) is 109 Å². The summed E-state index contributed by atoms with van der Waals surface area (Å²) in [7, 11) is 0. The third kappa shape index (κ3) is 5.43. The predicted octanol–water partition coefficient (Wildman–Crippen LogP) is 10.3. The Kier molecular flexibility index (Phi) is 8.26. The largest absolute Gasteiger partial charge is 0.446 e. The van der Waals surface area contributed by atoms with Crippen molar-refractivity contribution in [3.63, 3.8) is 0 Å². The van der Waals surface area contributed by atoms with Crippen LogP contribution in [-0.4, -0.2) is 12.2 Å². The second-order valence-corrected chi connectivity index (χ2v) is 14.6. The van der Waals surface area contributed by atoms with E-state index in [9.17, 15) is 4.79 Å². The van der Waals surface area contributed by atoms with Gasteiger partial charge in [-0.15, -0.1) is 0 Å². The van der Waals surface area contributed by atoms with Gasteiger partial charge >= 0.3 is 6.09 Å². The van der Waals surface area contributed by atoms with Crippen molar-refractivity contribution in [2.75, 3.05) is 5.32 Å². The van der Waals surface area contributed by atoms with Gasteiger partial charge in [0.2, 0.25) is 0 Å². The van der Waals surface area contributed by atoms with Crippen molar-refractivity contribution in [3.8, 4) is 0 Å². The van der Waals surface area contributed by atoms with Crippen LogP contribution in [0, 0.1) is 46.3 Å². The van der Waals surface area contributed by atoms with Gasteiger partial charge in [0, 0.05) is 17.1 Å². The molecule has 4 heteroatoms. The summed E-state index contributed by atoms with van der Waals surface area (Å²) in [4.78, 5) is 12.6. The molecule has 8 atom stereocenters. The molecule has 1 amide bonds. The van der Waals surface area contributed by atoms with E-state index in [0.29, 0.717) is 16.1 Å². The maximum absolute atomic E-state index is 12.6. The first-order valence-electron chi connectivity index (χ1n) is 15.5. The van der Waals surface area contributed by atoms with Gasteiger partial charge in [0.05, 0.1) is 0 Å². The molecule has 4 aliphatic rings. The zero-order chi connectivity index (χ0) is 27.1. The van der Waals surface area contributed by atoms with E-state index in [-0.39, 0.29) is 17.6 Å². The Hall–Kier alpha value is -1.48. The Morgan fingerprint density at radius 2 is 1.89 bits per heavy atom. The molecule has 1 aromatic carbocycles. The van der Waals surface area contributed by atoms with Crippen LogP contribution in [0.25, 0.3) is 0 Å². The van der Waals surface area contributed by atoms with Crippen LogP contribution < -0.4 is 5.32 Å². The number of benzene rings is 1. The standard InChI is InChI=1S/C34H50ClNO2/c1-22(2)8-6-9-23(3)29-14-15-30-28-13-12-24-20-27(38-32(37)36-26-11-7-10-25(35)21-26)16-18-33(24,4)31(28)17-19-34(29,30)5/h7,10-12,21-23,27-31H,6,8-9,13-20H2,1-5H3,(H,36,37)/t23-,27+,28-,29+,30+,31-,33+,34-/m1/s1. The molecule has 0 radical (unpaired) electrons. The first-order valence-corrected chi connectivity index (χ1v) is 15.9. The van der Waals surface area contributed by atoms with Crippen molar-refractivity contribution in [1.82, 2.24) is 0 Å². The molecule has 1 aromatic rings. The number of hydrogen-bond acceptors (Lipinski definition) is 2. The lowest BCUT2D eigenvalue weighted by atomic mass is 9.47. The van der Waals surface area contributed by atoms with Gasteiger partial charge in [-0.3, -0.25) is 5.32 Å². The molecule has 0 spiro atoms. The number of allylic oxidation sites excluding steroid dienone is 1. The second-order valence-electron chi connectivity index (χ2n) is 14.2. The molecule has 0 saturated heterocycles. The summed E-state index contributed by atoms with van der Waals surface area (Å²) in [6.45, 7) is 12.5. The summed E-state index contributed by atoms with van der Waals surface area (Å²) in [5, 5.41) is 3.46. The van der Waals surface area contributed by atoms with E-state index in [1.54, 1.807) is 17.7 Å². The maximum Gasteiger partial charge on any atom is 0.411 e. The molecular formula is C34H50ClNO2. The highest BCUT2D eigenvalue weighted by molar-refractivity contribution is 6.30. The average molecular weight is 540 g/mol. The minimum atomic E-state index is -0.372. The number of nitrogens with one attached hydrogen (secondary N) is 1. The first kappa shape index (κ1) is 28.1. The normalized spacial score (nSPS) is 37.0. The first-order chi connectivity index (χ1) is 18.1. The molecule has 0 aromatic heterocycles. The van der Waals surface area contributed by atoms with Gasteiger partial charge in [-0.1, -0.05) is 83.2 Å². The summed E-state index contributed by atoms with van der Waals surface area (Å²) in [5.41, 5.74) is 3.04. The fourth-order valence-electron chi connectivity index (χ4n) is 9.62. The Balaban J connectivity index is 1.22. The molecule has 3 saturated carbocycles. The number of halogens is 1. The van der Waals surface area contributed by atoms with Gasteiger partial charge < -0.3 is 4.74 Å². The van der Waals surface area contributed by atoms with Crippen LogP contribution >= 0.6 is 11.6 Å². The SMILES string of the molecule is CC(C)CCC[C@@H](C)[C@@H]1CC[C@H]2[C@H]3CC=C4C[C@@H](OC(=O)Nc5cccc(Cl)c5)CC[C@]4(C)[C@@H]3CC[C@@]21C. The third-order valence-corrected chi connectivity index (χ3v) is 11.8. The third-order valence-electron chi connectivity index (χ3n) is 11.6. The van der Waals surface area contributed by atoms with Crippen molar-refractivity contribution in [2.45, 2.75) is 111 Å². The molecule has 0 unspecified atom stereocenters. The van der Waals surface area contributed by atoms with Crippen LogP contribution in [0.4, 0.5) is 10.5 Å². The lowest BCUT2D eigenvalue weighted by Gasteiger charge is -2.58. The van der Waals surface area contributed by atoms with E-state index in [2.05, 4.69) is 46.0 Å². The zero-order valence-corrected chi connectivity index (χ0v) is 25.2. The van der Waals surface area contributed by atoms with E-state index in [0.717, 1.165) is 54.8 Å². The van der Waals surface area contributed by atoms with Gasteiger partial charge in [0.15, 0.2) is 0 Å². The molecule has 3 fully saturated rings. The van der Waals surface area contributed by atoms with Gasteiger partial charge in [-0.2, -0.15) is 0 Å². The van der Waals surface area contributed by atoms with Crippen molar-refractivity contribution >= 4 is 23.4 Å². The molecule has 210 valence electrons. The molecule has 5 rings (SSSR count). The Labute approximate surface area is 236 Å². The Bertz CT molecular complexity index is 1040. The quantitative estimate of drug-likeness (QED) is 0.350. The van der Waals surface area contributed by atoms with Gasteiger partial charge in [0.25, 0.3) is 0 Å². The van der Waals surface area contributed by atoms with Gasteiger partial charge in [0.1, 0.15) is 6.10 Å². The Morgan fingerprint density at radius 1 is 1.08 bits per heavy atom. The molecule has 0 bridgehead atoms. The monoisotopic (exact) mass is 539 g/mol. The van der Waals surface area contributed by atoms with E-state index in [1.807, 2.05) is 12.1 Å². The highest BCUT2D eigenvalue weighted by atomic mass is 35.5. The van der Waals surface area contributed by atoms with Crippen LogP contribution in [-0.2, 0) is 4.74 Å². The smallest absolute Gasteiger partial charge is 0.411 e. The van der Waals surface area contributed by atoms with E-state index in [4.69, 9.17) is 16.3 Å². The number of ether oxygens (including phenoxy) is 1. The number of hydrogen-bond donors (Lipinski definition) is 1. The molecular weight excluding hydrogens is 490 g/mol. The van der Waals surface area contributed by atoms with E-state index < -0.39 is 0 Å². The number of carbonyl (C=O) groups excluding carboxylic acids is 1. The number of rotatable bonds is 7. The molecule has 4 aliphatic carbocycles. The molecule has 0 aliphatic heterocycles. The lowest BCUT2D eigenvalue weighted by molar-refractivity contribution is -0.0577. The van der Waals surface area contributed by atoms with E-state index >= 15 is 0 Å². The fraction of sp³-hybridized carbons (Fsp3) is 0.735. The van der Waals surface area contributed by atoms with Crippen LogP contribution in [0.5, 0.6) is 0 Å². The summed E-state index contributed by atoms with van der Waals surface area (Å²) in [5.74, 6) is 5.09. The van der Waals surface area contributed by atoms with Crippen LogP contribution in [0.1, 0.15) is 105 Å². The van der Waals surface area contributed by atoms with Crippen molar-refractivity contribution in [3.05, 3.63) is 40.9 Å². The van der Waals surface area contributed by atoms with Crippen LogP contribution in [0.2, 0.25) is 5.02 Å². The zero-order valence-electron chi connectivity index (χ0n) is 24.4. The molecule has 3 nitrogen and oxygen atoms in total. The summed E-state index contributed by atoms with van der Waals surface area (Å²) >= 11 is 6.06. The number of fused-ring (bicyclic) bond motifs is 5. The lowest BCUT2D eigenvalue weighted by Crippen LogP contribution is -2.51. The van der Waals surface area contributed by atoms with Crippen molar-refractivity contribution < 1.29 is 9.53 Å². The summed E-state index contributed by atoms with van der Waals surface area (Å²) in [6.07, 6.45) is 16.2. The predicted molar refractivity (Wildman–Crippen MR) is 158 cm³/mol. The van der Waals surface area contributed by atoms with Crippen LogP contribution in [0.3, 0.4) is 0 Å². The van der Waals surface area contributed by atoms with Crippen molar-refractivity contribution in [1.29, 1.82) is 0 Å². The second kappa shape index (κ2) is 11.2. The highest BCUT2D eigenvalue weighted by Crippen LogP contribution is 2.67. The van der Waals surface area contributed by atoms with Crippen molar-refractivity contribution in [2.24, 2.45) is 46.3 Å². The maximum atomic E-state index is 12.6. The number of carbonyl (C=O) groups is 1. The molecule has 38 heavy (non-hydrogen) atoms. The topological polar surface area (TPSA) is 38.3 Å². The van der Waals surface area contributed by atoms with E-state index in [1.165, 1.54) is 51.4 Å². The molecule has 0 heterocycles. The minimum Gasteiger partial charge on any atom is -0.446 e. The highest BCUT2D eigenvalue weighted by Gasteiger charge is 2.59. The number of amides is 1. The number of anilines is 1. The Morgan fingerprint density at radius 3 is 2.66 bits per heavy atom. The molecule has 1 N–H and O–H groups in total. The summed E-state index contributed by atoms with van der Waals surface area (Å²) < 4.78 is 5.90. The van der Waals surface area contributed by atoms with Crippen LogP contribution in [0.15, 0.2) is 35.9 Å².